The second-order valence-corrected chi connectivity index (χ2v) is 7.33. The van der Waals surface area contributed by atoms with Crippen LogP contribution < -0.4 is 5.32 Å². The lowest BCUT2D eigenvalue weighted by atomic mass is 9.96. The first kappa shape index (κ1) is 20.6. The van der Waals surface area contributed by atoms with E-state index in [4.69, 9.17) is 9.63 Å². The summed E-state index contributed by atoms with van der Waals surface area (Å²) in [4.78, 5) is 37.5. The zero-order chi connectivity index (χ0) is 21.0. The summed E-state index contributed by atoms with van der Waals surface area (Å²) in [5.41, 5.74) is 2.89. The SMILES string of the molecule is Cc1noc(C)c1CCC(=O)Nc1ccc(C(=O)N2CCC(C(=O)O)CC2)cc1. The Kier molecular flexibility index (Phi) is 6.31. The number of likely N-dealkylation sites (tertiary alicyclic amines) is 1. The van der Waals surface area contributed by atoms with Crippen LogP contribution in [0.1, 0.15) is 46.6 Å². The molecule has 0 atom stereocenters. The van der Waals surface area contributed by atoms with Gasteiger partial charge in [-0.3, -0.25) is 14.4 Å². The molecule has 1 saturated heterocycles. The van der Waals surface area contributed by atoms with Crippen LogP contribution in [0.25, 0.3) is 0 Å². The number of aryl methyl sites for hydroxylation is 2. The van der Waals surface area contributed by atoms with Crippen LogP contribution in [0.3, 0.4) is 0 Å². The summed E-state index contributed by atoms with van der Waals surface area (Å²) in [7, 11) is 0. The van der Waals surface area contributed by atoms with E-state index in [9.17, 15) is 14.4 Å². The van der Waals surface area contributed by atoms with Gasteiger partial charge >= 0.3 is 5.97 Å². The first-order chi connectivity index (χ1) is 13.8. The van der Waals surface area contributed by atoms with Crippen molar-refractivity contribution in [2.75, 3.05) is 18.4 Å². The number of carbonyl (C=O) groups is 3. The van der Waals surface area contributed by atoms with Crippen LogP contribution in [0.5, 0.6) is 0 Å². The molecule has 0 aliphatic carbocycles. The summed E-state index contributed by atoms with van der Waals surface area (Å²) >= 11 is 0. The molecule has 0 saturated carbocycles. The molecular formula is C21H25N3O5. The van der Waals surface area contributed by atoms with Crippen LogP contribution in [0.15, 0.2) is 28.8 Å². The third-order valence-corrected chi connectivity index (χ3v) is 5.33. The molecule has 1 fully saturated rings. The van der Waals surface area contributed by atoms with Gasteiger partial charge in [0.15, 0.2) is 0 Å². The summed E-state index contributed by atoms with van der Waals surface area (Å²) in [5.74, 6) is -0.691. The van der Waals surface area contributed by atoms with Crippen LogP contribution in [-0.4, -0.2) is 46.0 Å². The van der Waals surface area contributed by atoms with Gasteiger partial charge in [0, 0.05) is 36.3 Å². The number of aromatic nitrogens is 1. The third-order valence-electron chi connectivity index (χ3n) is 5.33. The predicted molar refractivity (Wildman–Crippen MR) is 106 cm³/mol. The lowest BCUT2D eigenvalue weighted by molar-refractivity contribution is -0.143. The van der Waals surface area contributed by atoms with Gasteiger partial charge in [-0.2, -0.15) is 0 Å². The molecule has 0 bridgehead atoms. The number of rotatable bonds is 6. The number of carboxylic acids is 1. The maximum atomic E-state index is 12.6. The maximum absolute atomic E-state index is 12.6. The van der Waals surface area contributed by atoms with Crippen LogP contribution in [-0.2, 0) is 16.0 Å². The second kappa shape index (κ2) is 8.89. The minimum atomic E-state index is -0.799. The van der Waals surface area contributed by atoms with E-state index in [0.29, 0.717) is 50.0 Å². The van der Waals surface area contributed by atoms with E-state index in [1.54, 1.807) is 29.2 Å². The molecular weight excluding hydrogens is 374 g/mol. The van der Waals surface area contributed by atoms with Crippen molar-refractivity contribution in [3.63, 3.8) is 0 Å². The average molecular weight is 399 g/mol. The number of hydrogen-bond acceptors (Lipinski definition) is 5. The van der Waals surface area contributed by atoms with Crippen molar-refractivity contribution in [3.8, 4) is 0 Å². The number of aliphatic carboxylic acids is 1. The summed E-state index contributed by atoms with van der Waals surface area (Å²) in [5, 5.41) is 15.8. The Labute approximate surface area is 168 Å². The summed E-state index contributed by atoms with van der Waals surface area (Å²) in [6.45, 7) is 4.56. The molecule has 0 radical (unpaired) electrons. The quantitative estimate of drug-likeness (QED) is 0.772. The van der Waals surface area contributed by atoms with Crippen molar-refractivity contribution in [1.29, 1.82) is 0 Å². The fraction of sp³-hybridized carbons (Fsp3) is 0.429. The normalized spacial score (nSPS) is 14.6. The highest BCUT2D eigenvalue weighted by molar-refractivity contribution is 5.96. The van der Waals surface area contributed by atoms with Crippen molar-refractivity contribution in [1.82, 2.24) is 10.1 Å². The van der Waals surface area contributed by atoms with Crippen molar-refractivity contribution < 1.29 is 24.0 Å². The standard InChI is InChI=1S/C21H25N3O5/c1-13-18(14(2)29-23-13)7-8-19(25)22-17-5-3-15(4-6-17)20(26)24-11-9-16(10-12-24)21(27)28/h3-6,16H,7-12H2,1-2H3,(H,22,25)(H,27,28). The molecule has 29 heavy (non-hydrogen) atoms. The number of amides is 2. The highest BCUT2D eigenvalue weighted by Crippen LogP contribution is 2.20. The Bertz CT molecular complexity index is 876. The first-order valence-corrected chi connectivity index (χ1v) is 9.69. The molecule has 8 nitrogen and oxygen atoms in total. The number of nitrogens with zero attached hydrogens (tertiary/aromatic N) is 2. The molecule has 8 heteroatoms. The zero-order valence-corrected chi connectivity index (χ0v) is 16.6. The predicted octanol–water partition coefficient (Wildman–Crippen LogP) is 2.80. The highest BCUT2D eigenvalue weighted by atomic mass is 16.5. The van der Waals surface area contributed by atoms with Crippen LogP contribution in [0, 0.1) is 19.8 Å². The molecule has 1 aromatic heterocycles. The van der Waals surface area contributed by atoms with Gasteiger partial charge in [-0.05, 0) is 57.4 Å². The Morgan fingerprint density at radius 3 is 2.38 bits per heavy atom. The first-order valence-electron chi connectivity index (χ1n) is 9.69. The van der Waals surface area contributed by atoms with Crippen LogP contribution >= 0.6 is 0 Å². The molecule has 1 aliphatic rings. The summed E-state index contributed by atoms with van der Waals surface area (Å²) in [6, 6.07) is 6.75. The molecule has 0 unspecified atom stereocenters. The van der Waals surface area contributed by atoms with Gasteiger partial charge < -0.3 is 19.8 Å². The van der Waals surface area contributed by atoms with Crippen LogP contribution in [0.2, 0.25) is 0 Å². The molecule has 2 aromatic rings. The number of nitrogens with one attached hydrogen (secondary N) is 1. The Morgan fingerprint density at radius 1 is 1.17 bits per heavy atom. The fourth-order valence-corrected chi connectivity index (χ4v) is 3.53. The number of hydrogen-bond donors (Lipinski definition) is 2. The van der Waals surface area contributed by atoms with Gasteiger partial charge in [-0.15, -0.1) is 0 Å². The Hall–Kier alpha value is -3.16. The minimum absolute atomic E-state index is 0.120. The molecule has 1 aliphatic heterocycles. The van der Waals surface area contributed by atoms with Gasteiger partial charge in [0.05, 0.1) is 11.6 Å². The monoisotopic (exact) mass is 399 g/mol. The van der Waals surface area contributed by atoms with Crippen molar-refractivity contribution in [2.45, 2.75) is 39.5 Å². The molecule has 154 valence electrons. The van der Waals surface area contributed by atoms with E-state index in [0.717, 1.165) is 17.0 Å². The van der Waals surface area contributed by atoms with Gasteiger partial charge in [0.1, 0.15) is 5.76 Å². The third kappa shape index (κ3) is 5.01. The van der Waals surface area contributed by atoms with E-state index < -0.39 is 5.97 Å². The zero-order valence-electron chi connectivity index (χ0n) is 16.6. The number of benzene rings is 1. The van der Waals surface area contributed by atoms with Crippen LogP contribution in [0.4, 0.5) is 5.69 Å². The molecule has 3 rings (SSSR count). The summed E-state index contributed by atoms with van der Waals surface area (Å²) in [6.07, 6.45) is 1.80. The molecule has 1 aromatic carbocycles. The lowest BCUT2D eigenvalue weighted by Crippen LogP contribution is -2.40. The van der Waals surface area contributed by atoms with Crippen molar-refractivity contribution in [3.05, 3.63) is 46.8 Å². The average Bonchev–Trinajstić information content (AvgIpc) is 3.04. The molecule has 2 heterocycles. The van der Waals surface area contributed by atoms with Crippen molar-refractivity contribution in [2.24, 2.45) is 5.92 Å². The lowest BCUT2D eigenvalue weighted by Gasteiger charge is -2.30. The Morgan fingerprint density at radius 2 is 1.83 bits per heavy atom. The van der Waals surface area contributed by atoms with Gasteiger partial charge in [-0.1, -0.05) is 5.16 Å². The largest absolute Gasteiger partial charge is 0.481 e. The summed E-state index contributed by atoms with van der Waals surface area (Å²) < 4.78 is 5.10. The van der Waals surface area contributed by atoms with Gasteiger partial charge in [0.25, 0.3) is 5.91 Å². The van der Waals surface area contributed by atoms with E-state index in [-0.39, 0.29) is 17.7 Å². The van der Waals surface area contributed by atoms with E-state index in [1.165, 1.54) is 0 Å². The smallest absolute Gasteiger partial charge is 0.306 e. The van der Waals surface area contributed by atoms with E-state index in [1.807, 2.05) is 13.8 Å². The number of carbonyl (C=O) groups excluding carboxylic acids is 2. The van der Waals surface area contributed by atoms with Gasteiger partial charge in [-0.25, -0.2) is 0 Å². The molecule has 2 amide bonds. The van der Waals surface area contributed by atoms with Crippen molar-refractivity contribution >= 4 is 23.5 Å². The number of piperidine rings is 1. The van der Waals surface area contributed by atoms with E-state index in [2.05, 4.69) is 10.5 Å². The minimum Gasteiger partial charge on any atom is -0.481 e. The van der Waals surface area contributed by atoms with Gasteiger partial charge in [0.2, 0.25) is 5.91 Å². The topological polar surface area (TPSA) is 113 Å². The highest BCUT2D eigenvalue weighted by Gasteiger charge is 2.27. The number of carboxylic acid groups (broad SMARTS) is 1. The molecule has 2 N–H and O–H groups in total. The Balaban J connectivity index is 1.51. The second-order valence-electron chi connectivity index (χ2n) is 7.33. The maximum Gasteiger partial charge on any atom is 0.306 e. The number of anilines is 1. The fourth-order valence-electron chi connectivity index (χ4n) is 3.53. The molecule has 0 spiro atoms. The van der Waals surface area contributed by atoms with E-state index >= 15 is 0 Å².